The first kappa shape index (κ1) is 11.9. The molecule has 2 aromatic rings. The molecule has 1 atom stereocenters. The molecule has 3 heteroatoms. The van der Waals surface area contributed by atoms with Gasteiger partial charge in [0.1, 0.15) is 6.04 Å². The number of ketones is 1. The second-order valence-electron chi connectivity index (χ2n) is 4.82. The Labute approximate surface area is 112 Å². The first-order valence-electron chi connectivity index (χ1n) is 6.48. The van der Waals surface area contributed by atoms with E-state index >= 15 is 0 Å². The number of nitrogens with two attached hydrogens (primary N) is 1. The number of para-hydroxylation sites is 1. The van der Waals surface area contributed by atoms with Crippen molar-refractivity contribution in [2.45, 2.75) is 18.9 Å². The number of rotatable bonds is 2. The molecule has 3 rings (SSSR count). The molecule has 0 saturated carbocycles. The normalized spacial score (nSPS) is 17.9. The summed E-state index contributed by atoms with van der Waals surface area (Å²) < 4.78 is 0. The fraction of sp³-hybridized carbons (Fsp3) is 0.188. The zero-order valence-electron chi connectivity index (χ0n) is 10.6. The molecule has 1 aliphatic heterocycles. The van der Waals surface area contributed by atoms with Crippen molar-refractivity contribution >= 4 is 11.5 Å². The minimum atomic E-state index is -0.266. The summed E-state index contributed by atoms with van der Waals surface area (Å²) in [5.41, 5.74) is 2.90. The Morgan fingerprint density at radius 1 is 1.05 bits per heavy atom. The average molecular weight is 252 g/mol. The number of benzene rings is 2. The topological polar surface area (TPSA) is 46.3 Å². The molecule has 0 bridgehead atoms. The third kappa shape index (κ3) is 2.13. The monoisotopic (exact) mass is 252 g/mol. The van der Waals surface area contributed by atoms with Crippen LogP contribution < -0.4 is 10.9 Å². The van der Waals surface area contributed by atoms with E-state index in [0.717, 1.165) is 24.1 Å². The molecular weight excluding hydrogens is 236 g/mol. The van der Waals surface area contributed by atoms with Crippen molar-refractivity contribution in [1.29, 1.82) is 0 Å². The molecule has 0 spiro atoms. The quantitative estimate of drug-likeness (QED) is 0.660. The van der Waals surface area contributed by atoms with Gasteiger partial charge in [-0.1, -0.05) is 48.5 Å². The zero-order chi connectivity index (χ0) is 13.2. The van der Waals surface area contributed by atoms with Crippen LogP contribution in [-0.2, 0) is 6.42 Å². The molecular formula is C16H16N2O. The van der Waals surface area contributed by atoms with E-state index < -0.39 is 0 Å². The maximum Gasteiger partial charge on any atom is 0.186 e. The summed E-state index contributed by atoms with van der Waals surface area (Å²) in [6.45, 7) is 0. The predicted octanol–water partition coefficient (Wildman–Crippen LogP) is 2.56. The van der Waals surface area contributed by atoms with Gasteiger partial charge >= 0.3 is 0 Å². The van der Waals surface area contributed by atoms with Crippen LogP contribution in [0.5, 0.6) is 0 Å². The molecule has 0 saturated heterocycles. The Kier molecular flexibility index (Phi) is 3.05. The predicted molar refractivity (Wildman–Crippen MR) is 76.0 cm³/mol. The summed E-state index contributed by atoms with van der Waals surface area (Å²) in [5, 5.41) is 1.62. The highest BCUT2D eigenvalue weighted by Crippen LogP contribution is 2.29. The first-order valence-corrected chi connectivity index (χ1v) is 6.48. The van der Waals surface area contributed by atoms with Crippen LogP contribution in [0.1, 0.15) is 22.3 Å². The van der Waals surface area contributed by atoms with Crippen molar-refractivity contribution in [3.63, 3.8) is 0 Å². The SMILES string of the molecule is NN1c2ccccc2CCC1C(=O)c1ccccc1. The Bertz CT molecular complexity index is 595. The number of fused-ring (bicyclic) bond motifs is 1. The average Bonchev–Trinajstić information content (AvgIpc) is 2.48. The fourth-order valence-corrected chi connectivity index (χ4v) is 2.63. The third-order valence-corrected chi connectivity index (χ3v) is 3.65. The maximum absolute atomic E-state index is 12.5. The number of carbonyl (C=O) groups excluding carboxylic acids is 1. The summed E-state index contributed by atoms with van der Waals surface area (Å²) in [7, 11) is 0. The Morgan fingerprint density at radius 2 is 1.74 bits per heavy atom. The van der Waals surface area contributed by atoms with Gasteiger partial charge in [0.05, 0.1) is 5.69 Å². The fourth-order valence-electron chi connectivity index (χ4n) is 2.63. The Balaban J connectivity index is 1.90. The molecule has 0 fully saturated rings. The number of Topliss-reactive ketones (excluding diaryl/α,β-unsaturated/α-hetero) is 1. The third-order valence-electron chi connectivity index (χ3n) is 3.65. The van der Waals surface area contributed by atoms with Gasteiger partial charge in [0.15, 0.2) is 5.78 Å². The van der Waals surface area contributed by atoms with Crippen molar-refractivity contribution < 1.29 is 4.79 Å². The van der Waals surface area contributed by atoms with Gasteiger partial charge < -0.3 is 0 Å². The smallest absolute Gasteiger partial charge is 0.186 e. The first-order chi connectivity index (χ1) is 9.27. The van der Waals surface area contributed by atoms with Crippen molar-refractivity contribution in [3.05, 3.63) is 65.7 Å². The van der Waals surface area contributed by atoms with Gasteiger partial charge in [-0.15, -0.1) is 0 Å². The van der Waals surface area contributed by atoms with E-state index in [-0.39, 0.29) is 11.8 Å². The van der Waals surface area contributed by atoms with E-state index in [9.17, 15) is 4.79 Å². The molecule has 0 aliphatic carbocycles. The summed E-state index contributed by atoms with van der Waals surface area (Å²) in [6, 6.07) is 17.1. The lowest BCUT2D eigenvalue weighted by molar-refractivity contribution is 0.0951. The van der Waals surface area contributed by atoms with Crippen LogP contribution in [0.25, 0.3) is 0 Å². The number of anilines is 1. The highest BCUT2D eigenvalue weighted by Gasteiger charge is 2.29. The van der Waals surface area contributed by atoms with Crippen molar-refractivity contribution in [1.82, 2.24) is 0 Å². The highest BCUT2D eigenvalue weighted by molar-refractivity contribution is 6.02. The summed E-state index contributed by atoms with van der Waals surface area (Å²) >= 11 is 0. The number of nitrogens with zero attached hydrogens (tertiary/aromatic N) is 1. The van der Waals surface area contributed by atoms with E-state index in [1.165, 1.54) is 5.56 Å². The van der Waals surface area contributed by atoms with Crippen LogP contribution in [0.15, 0.2) is 54.6 Å². The van der Waals surface area contributed by atoms with Crippen LogP contribution in [0.3, 0.4) is 0 Å². The van der Waals surface area contributed by atoms with Gasteiger partial charge in [0.25, 0.3) is 0 Å². The molecule has 0 amide bonds. The summed E-state index contributed by atoms with van der Waals surface area (Å²) in [5.74, 6) is 6.24. The number of carbonyl (C=O) groups is 1. The van der Waals surface area contributed by atoms with E-state index in [2.05, 4.69) is 6.07 Å². The second kappa shape index (κ2) is 4.86. The van der Waals surface area contributed by atoms with Crippen LogP contribution in [0.2, 0.25) is 0 Å². The zero-order valence-corrected chi connectivity index (χ0v) is 10.6. The standard InChI is InChI=1S/C16H16N2O/c17-18-14-9-5-4-6-12(14)10-11-15(18)16(19)13-7-2-1-3-8-13/h1-9,15H,10-11,17H2. The molecule has 1 heterocycles. The summed E-state index contributed by atoms with van der Waals surface area (Å²) in [4.78, 5) is 12.5. The minimum Gasteiger partial charge on any atom is -0.300 e. The Hall–Kier alpha value is -2.13. The van der Waals surface area contributed by atoms with E-state index in [0.29, 0.717) is 0 Å². The van der Waals surface area contributed by atoms with Gasteiger partial charge in [-0.3, -0.25) is 9.80 Å². The molecule has 0 aromatic heterocycles. The molecule has 2 N–H and O–H groups in total. The minimum absolute atomic E-state index is 0.0950. The van der Waals surface area contributed by atoms with Crippen LogP contribution in [0, 0.1) is 0 Å². The molecule has 3 nitrogen and oxygen atoms in total. The molecule has 1 aliphatic rings. The molecule has 19 heavy (non-hydrogen) atoms. The highest BCUT2D eigenvalue weighted by atomic mass is 16.1. The van der Waals surface area contributed by atoms with Crippen LogP contribution in [0.4, 0.5) is 5.69 Å². The summed E-state index contributed by atoms with van der Waals surface area (Å²) in [6.07, 6.45) is 1.66. The number of hydrogen-bond donors (Lipinski definition) is 1. The van der Waals surface area contributed by atoms with Crippen LogP contribution >= 0.6 is 0 Å². The Morgan fingerprint density at radius 3 is 2.53 bits per heavy atom. The lowest BCUT2D eigenvalue weighted by Gasteiger charge is -2.34. The van der Waals surface area contributed by atoms with Crippen molar-refractivity contribution in [3.8, 4) is 0 Å². The molecule has 0 radical (unpaired) electrons. The number of aryl methyl sites for hydroxylation is 1. The molecule has 1 unspecified atom stereocenters. The van der Waals surface area contributed by atoms with Gasteiger partial charge in [-0.25, -0.2) is 5.84 Å². The molecule has 96 valence electrons. The van der Waals surface area contributed by atoms with E-state index in [1.54, 1.807) is 5.01 Å². The molecule has 2 aromatic carbocycles. The van der Waals surface area contributed by atoms with Crippen LogP contribution in [-0.4, -0.2) is 11.8 Å². The largest absolute Gasteiger partial charge is 0.300 e. The van der Waals surface area contributed by atoms with Gasteiger partial charge in [-0.05, 0) is 24.5 Å². The van der Waals surface area contributed by atoms with Gasteiger partial charge in [-0.2, -0.15) is 0 Å². The lowest BCUT2D eigenvalue weighted by Crippen LogP contribution is -2.49. The van der Waals surface area contributed by atoms with E-state index in [4.69, 9.17) is 5.84 Å². The van der Waals surface area contributed by atoms with Gasteiger partial charge in [0, 0.05) is 5.56 Å². The van der Waals surface area contributed by atoms with E-state index in [1.807, 2.05) is 48.5 Å². The number of hydrazine groups is 1. The second-order valence-corrected chi connectivity index (χ2v) is 4.82. The maximum atomic E-state index is 12.5. The number of hydrogen-bond acceptors (Lipinski definition) is 3. The van der Waals surface area contributed by atoms with Crippen molar-refractivity contribution in [2.75, 3.05) is 5.01 Å². The van der Waals surface area contributed by atoms with Gasteiger partial charge in [0.2, 0.25) is 0 Å². The van der Waals surface area contributed by atoms with Crippen molar-refractivity contribution in [2.24, 2.45) is 5.84 Å². The lowest BCUT2D eigenvalue weighted by atomic mass is 9.92.